The molecule has 90 valence electrons. The highest BCUT2D eigenvalue weighted by molar-refractivity contribution is 6.31. The fourth-order valence-corrected chi connectivity index (χ4v) is 2.72. The van der Waals surface area contributed by atoms with E-state index < -0.39 is 0 Å². The van der Waals surface area contributed by atoms with Crippen LogP contribution in [-0.2, 0) is 13.5 Å². The number of fused-ring (bicyclic) bond motifs is 1. The van der Waals surface area contributed by atoms with E-state index in [0.29, 0.717) is 6.04 Å². The van der Waals surface area contributed by atoms with E-state index in [2.05, 4.69) is 21.9 Å². The summed E-state index contributed by atoms with van der Waals surface area (Å²) in [6, 6.07) is 6.47. The Kier molecular flexibility index (Phi) is 2.81. The lowest BCUT2D eigenvalue weighted by Gasteiger charge is -2.09. The topological polar surface area (TPSA) is 29.9 Å². The number of rotatable bonds is 2. The molecule has 0 spiro atoms. The lowest BCUT2D eigenvalue weighted by Crippen LogP contribution is -2.25. The van der Waals surface area contributed by atoms with Crippen molar-refractivity contribution in [3.05, 3.63) is 29.0 Å². The normalized spacial score (nSPS) is 20.2. The predicted octanol–water partition coefficient (Wildman–Crippen LogP) is 2.52. The molecule has 1 fully saturated rings. The van der Waals surface area contributed by atoms with E-state index in [0.717, 1.165) is 34.8 Å². The van der Waals surface area contributed by atoms with Gasteiger partial charge in [0.2, 0.25) is 0 Å². The number of aryl methyl sites for hydroxylation is 1. The number of nitrogens with zero attached hydrogens (tertiary/aromatic N) is 2. The molecule has 1 aromatic carbocycles. The average Bonchev–Trinajstić information content (AvgIpc) is 2.89. The van der Waals surface area contributed by atoms with E-state index in [1.807, 2.05) is 18.2 Å². The van der Waals surface area contributed by atoms with Gasteiger partial charge in [0.25, 0.3) is 0 Å². The summed E-state index contributed by atoms with van der Waals surface area (Å²) in [6.07, 6.45) is 3.53. The molecule has 1 N–H and O–H groups in total. The highest BCUT2D eigenvalue weighted by atomic mass is 35.5. The fraction of sp³-hybridized carbons (Fsp3) is 0.462. The van der Waals surface area contributed by atoms with E-state index in [1.54, 1.807) is 0 Å². The van der Waals surface area contributed by atoms with E-state index in [4.69, 9.17) is 11.6 Å². The molecule has 1 unspecified atom stereocenters. The van der Waals surface area contributed by atoms with Crippen molar-refractivity contribution in [3.63, 3.8) is 0 Å². The number of hydrogen-bond donors (Lipinski definition) is 1. The molecule has 1 atom stereocenters. The second-order valence-electron chi connectivity index (χ2n) is 4.72. The summed E-state index contributed by atoms with van der Waals surface area (Å²) in [5, 5.41) is 4.26. The minimum Gasteiger partial charge on any atom is -0.331 e. The monoisotopic (exact) mass is 249 g/mol. The average molecular weight is 250 g/mol. The number of benzene rings is 1. The molecular weight excluding hydrogens is 234 g/mol. The van der Waals surface area contributed by atoms with Crippen LogP contribution in [0.5, 0.6) is 0 Å². The van der Waals surface area contributed by atoms with E-state index in [1.165, 1.54) is 12.8 Å². The molecule has 0 amide bonds. The molecule has 2 heterocycles. The molecule has 3 rings (SSSR count). The van der Waals surface area contributed by atoms with Gasteiger partial charge in [0.1, 0.15) is 5.82 Å². The van der Waals surface area contributed by atoms with Crippen molar-refractivity contribution in [3.8, 4) is 0 Å². The Morgan fingerprint density at radius 3 is 3.18 bits per heavy atom. The summed E-state index contributed by atoms with van der Waals surface area (Å²) in [5.41, 5.74) is 2.15. The third kappa shape index (κ3) is 2.05. The van der Waals surface area contributed by atoms with Gasteiger partial charge in [-0.3, -0.25) is 0 Å². The third-order valence-corrected chi connectivity index (χ3v) is 3.76. The van der Waals surface area contributed by atoms with Crippen LogP contribution < -0.4 is 5.32 Å². The second kappa shape index (κ2) is 4.31. The van der Waals surface area contributed by atoms with Gasteiger partial charge in [-0.05, 0) is 37.6 Å². The van der Waals surface area contributed by atoms with Crippen molar-refractivity contribution < 1.29 is 0 Å². The molecule has 4 heteroatoms. The number of hydrogen-bond acceptors (Lipinski definition) is 2. The van der Waals surface area contributed by atoms with Gasteiger partial charge >= 0.3 is 0 Å². The summed E-state index contributed by atoms with van der Waals surface area (Å²) in [5.74, 6) is 1.14. The molecule has 1 aromatic heterocycles. The Labute approximate surface area is 106 Å². The zero-order chi connectivity index (χ0) is 11.8. The van der Waals surface area contributed by atoms with Gasteiger partial charge in [-0.25, -0.2) is 4.98 Å². The van der Waals surface area contributed by atoms with Crippen molar-refractivity contribution in [2.24, 2.45) is 7.05 Å². The lowest BCUT2D eigenvalue weighted by molar-refractivity contribution is 0.575. The minimum absolute atomic E-state index is 0.584. The molecule has 1 aliphatic rings. The molecule has 1 aliphatic heterocycles. The maximum atomic E-state index is 5.99. The fourth-order valence-electron chi connectivity index (χ4n) is 2.56. The van der Waals surface area contributed by atoms with Gasteiger partial charge in [-0.15, -0.1) is 0 Å². The van der Waals surface area contributed by atoms with Crippen molar-refractivity contribution in [2.75, 3.05) is 6.54 Å². The van der Waals surface area contributed by atoms with Crippen molar-refractivity contribution in [1.29, 1.82) is 0 Å². The first kappa shape index (κ1) is 11.1. The van der Waals surface area contributed by atoms with Crippen LogP contribution in [0.3, 0.4) is 0 Å². The van der Waals surface area contributed by atoms with Crippen LogP contribution >= 0.6 is 11.6 Å². The van der Waals surface area contributed by atoms with Gasteiger partial charge in [0.15, 0.2) is 0 Å². The van der Waals surface area contributed by atoms with E-state index in [9.17, 15) is 0 Å². The standard InChI is InChI=1S/C13H16ClN3/c1-17-12-5-4-9(14)7-11(12)16-13(17)8-10-3-2-6-15-10/h4-5,7,10,15H,2-3,6,8H2,1H3. The molecule has 0 saturated carbocycles. The summed E-state index contributed by atoms with van der Waals surface area (Å²) in [4.78, 5) is 4.68. The molecule has 17 heavy (non-hydrogen) atoms. The van der Waals surface area contributed by atoms with Crippen LogP contribution in [0, 0.1) is 0 Å². The van der Waals surface area contributed by atoms with Crippen molar-refractivity contribution >= 4 is 22.6 Å². The van der Waals surface area contributed by atoms with E-state index in [-0.39, 0.29) is 0 Å². The van der Waals surface area contributed by atoms with Gasteiger partial charge in [0, 0.05) is 24.5 Å². The van der Waals surface area contributed by atoms with Crippen LogP contribution in [0.15, 0.2) is 18.2 Å². The predicted molar refractivity (Wildman–Crippen MR) is 70.5 cm³/mol. The Morgan fingerprint density at radius 1 is 1.53 bits per heavy atom. The first-order chi connectivity index (χ1) is 8.24. The number of nitrogens with one attached hydrogen (secondary N) is 1. The van der Waals surface area contributed by atoms with Crippen molar-refractivity contribution in [1.82, 2.24) is 14.9 Å². The zero-order valence-corrected chi connectivity index (χ0v) is 10.7. The number of aromatic nitrogens is 2. The van der Waals surface area contributed by atoms with Crippen molar-refractivity contribution in [2.45, 2.75) is 25.3 Å². The van der Waals surface area contributed by atoms with Crippen LogP contribution in [0.25, 0.3) is 11.0 Å². The lowest BCUT2D eigenvalue weighted by atomic mass is 10.1. The molecule has 0 aliphatic carbocycles. The van der Waals surface area contributed by atoms with Crippen LogP contribution in [0.1, 0.15) is 18.7 Å². The molecule has 2 aromatic rings. The van der Waals surface area contributed by atoms with Gasteiger partial charge in [0.05, 0.1) is 11.0 Å². The molecule has 3 nitrogen and oxygen atoms in total. The van der Waals surface area contributed by atoms with Crippen LogP contribution in [0.2, 0.25) is 5.02 Å². The Balaban J connectivity index is 1.96. The summed E-state index contributed by atoms with van der Waals surface area (Å²) in [6.45, 7) is 1.14. The van der Waals surface area contributed by atoms with Gasteiger partial charge in [-0.2, -0.15) is 0 Å². The van der Waals surface area contributed by atoms with Crippen LogP contribution in [-0.4, -0.2) is 22.1 Å². The minimum atomic E-state index is 0.584. The Hall–Kier alpha value is -1.06. The highest BCUT2D eigenvalue weighted by Crippen LogP contribution is 2.21. The molecule has 1 saturated heterocycles. The molecule has 0 radical (unpaired) electrons. The quantitative estimate of drug-likeness (QED) is 0.887. The largest absolute Gasteiger partial charge is 0.331 e. The summed E-state index contributed by atoms with van der Waals surface area (Å²) in [7, 11) is 2.08. The number of halogens is 1. The smallest absolute Gasteiger partial charge is 0.111 e. The van der Waals surface area contributed by atoms with Gasteiger partial charge in [-0.1, -0.05) is 11.6 Å². The summed E-state index contributed by atoms with van der Waals surface area (Å²) >= 11 is 5.99. The summed E-state index contributed by atoms with van der Waals surface area (Å²) < 4.78 is 2.17. The second-order valence-corrected chi connectivity index (χ2v) is 5.15. The first-order valence-corrected chi connectivity index (χ1v) is 6.46. The third-order valence-electron chi connectivity index (χ3n) is 3.53. The highest BCUT2D eigenvalue weighted by Gasteiger charge is 2.17. The first-order valence-electron chi connectivity index (χ1n) is 6.08. The SMILES string of the molecule is Cn1c(CC2CCCN2)nc2cc(Cl)ccc21. The van der Waals surface area contributed by atoms with Gasteiger partial charge < -0.3 is 9.88 Å². The van der Waals surface area contributed by atoms with Crippen LogP contribution in [0.4, 0.5) is 0 Å². The number of imidazole rings is 1. The zero-order valence-electron chi connectivity index (χ0n) is 9.91. The molecular formula is C13H16ClN3. The Bertz CT molecular complexity index is 541. The maximum Gasteiger partial charge on any atom is 0.111 e. The van der Waals surface area contributed by atoms with E-state index >= 15 is 0 Å². The molecule has 0 bridgehead atoms. The Morgan fingerprint density at radius 2 is 2.41 bits per heavy atom. The maximum absolute atomic E-state index is 5.99.